The van der Waals surface area contributed by atoms with Gasteiger partial charge in [-0.25, -0.2) is 0 Å². The predicted molar refractivity (Wildman–Crippen MR) is 140 cm³/mol. The summed E-state index contributed by atoms with van der Waals surface area (Å²) in [7, 11) is 1.63. The van der Waals surface area contributed by atoms with Crippen LogP contribution in [-0.2, 0) is 18.1 Å². The molecule has 1 aromatic heterocycles. The minimum atomic E-state index is -0.750. The van der Waals surface area contributed by atoms with Crippen LogP contribution < -0.4 is 14.8 Å². The van der Waals surface area contributed by atoms with Crippen molar-refractivity contribution in [3.63, 3.8) is 0 Å². The van der Waals surface area contributed by atoms with Crippen LogP contribution in [0.4, 0.5) is 0 Å². The van der Waals surface area contributed by atoms with Gasteiger partial charge < -0.3 is 14.8 Å². The van der Waals surface area contributed by atoms with E-state index in [0.717, 1.165) is 30.1 Å². The second kappa shape index (κ2) is 12.7. The number of nitrogens with zero attached hydrogens (tertiary/aromatic N) is 2. The molecule has 198 valence electrons. The number of carbonyl (C=O) groups is 1. The number of rotatable bonds is 9. The van der Waals surface area contributed by atoms with Crippen LogP contribution in [0.3, 0.4) is 0 Å². The van der Waals surface area contributed by atoms with Gasteiger partial charge in [-0.3, -0.25) is 9.48 Å². The van der Waals surface area contributed by atoms with Gasteiger partial charge in [0, 0.05) is 30.1 Å². The average Bonchev–Trinajstić information content (AvgIpc) is 3.52. The third kappa shape index (κ3) is 7.09. The van der Waals surface area contributed by atoms with E-state index in [1.807, 2.05) is 25.1 Å². The monoisotopic (exact) mass is 537 g/mol. The Morgan fingerprint density at radius 1 is 1.25 bits per heavy atom. The minimum Gasteiger partial charge on any atom is -0.496 e. The maximum atomic E-state index is 13.0. The number of aromatic nitrogens is 2. The third-order valence-corrected chi connectivity index (χ3v) is 7.57. The molecule has 10 heteroatoms. The molecule has 0 aliphatic heterocycles. The Morgan fingerprint density at radius 3 is 2.50 bits per heavy atom. The molecule has 36 heavy (non-hydrogen) atoms. The second-order valence-corrected chi connectivity index (χ2v) is 10.7. The maximum Gasteiger partial charge on any atom is 0.335 e. The largest absolute Gasteiger partial charge is 0.496 e. The highest BCUT2D eigenvalue weighted by molar-refractivity contribution is 7.51. The van der Waals surface area contributed by atoms with E-state index in [-0.39, 0.29) is 11.6 Å². The number of carbonyl (C=O) groups excluding carboxylic acids is 1. The molecule has 2 aliphatic carbocycles. The van der Waals surface area contributed by atoms with Crippen molar-refractivity contribution < 1.29 is 22.7 Å². The molecule has 0 unspecified atom stereocenters. The van der Waals surface area contributed by atoms with Crippen LogP contribution in [-0.4, -0.2) is 44.4 Å². The molecule has 4 rings (SSSR count). The first kappa shape index (κ1) is 28.2. The average molecular weight is 538 g/mol. The molecule has 8 nitrogen and oxygen atoms in total. The number of amides is 1. The van der Waals surface area contributed by atoms with Crippen molar-refractivity contribution in [2.45, 2.75) is 65.8 Å². The van der Waals surface area contributed by atoms with Gasteiger partial charge in [-0.2, -0.15) is 13.5 Å². The van der Waals surface area contributed by atoms with Crippen LogP contribution in [0.2, 0.25) is 5.02 Å². The van der Waals surface area contributed by atoms with Gasteiger partial charge in [-0.1, -0.05) is 38.3 Å². The van der Waals surface area contributed by atoms with Crippen LogP contribution in [0.25, 0.3) is 11.3 Å². The van der Waals surface area contributed by atoms with E-state index >= 15 is 0 Å². The highest BCUT2D eigenvalue weighted by Crippen LogP contribution is 2.45. The van der Waals surface area contributed by atoms with E-state index < -0.39 is 11.6 Å². The molecule has 2 fully saturated rings. The summed E-state index contributed by atoms with van der Waals surface area (Å²) in [4.78, 5) is 13.0. The van der Waals surface area contributed by atoms with E-state index in [1.54, 1.807) is 11.8 Å². The second-order valence-electron chi connectivity index (χ2n) is 10.2. The van der Waals surface area contributed by atoms with Gasteiger partial charge in [0.25, 0.3) is 5.91 Å². The molecule has 1 N–H and O–H groups in total. The molecule has 2 saturated carbocycles. The van der Waals surface area contributed by atoms with E-state index in [4.69, 9.17) is 29.5 Å². The van der Waals surface area contributed by atoms with Gasteiger partial charge in [0.2, 0.25) is 0 Å². The van der Waals surface area contributed by atoms with Crippen LogP contribution in [0.15, 0.2) is 18.2 Å². The van der Waals surface area contributed by atoms with Crippen LogP contribution in [0, 0.1) is 17.3 Å². The highest BCUT2D eigenvalue weighted by Gasteiger charge is 2.38. The molecule has 1 heterocycles. The number of methoxy groups -OCH3 is 1. The van der Waals surface area contributed by atoms with Crippen molar-refractivity contribution in [2.24, 2.45) is 17.3 Å². The number of benzene rings is 1. The molecule has 0 spiro atoms. The number of hydrogen-bond donors (Lipinski definition) is 1. The molecular formula is C26H36ClN3O5S. The Labute approximate surface area is 221 Å². The van der Waals surface area contributed by atoms with Gasteiger partial charge in [-0.15, -0.1) is 0 Å². The lowest BCUT2D eigenvalue weighted by Gasteiger charge is -2.26. The van der Waals surface area contributed by atoms with Crippen molar-refractivity contribution in [2.75, 3.05) is 20.3 Å². The fourth-order valence-electron chi connectivity index (χ4n) is 4.50. The number of halogens is 1. The summed E-state index contributed by atoms with van der Waals surface area (Å²) in [6.07, 6.45) is 7.20. The number of aryl methyl sites for hydroxylation is 1. The van der Waals surface area contributed by atoms with Gasteiger partial charge in [0.15, 0.2) is 5.69 Å². The fraction of sp³-hybridized carbons (Fsp3) is 0.615. The first-order chi connectivity index (χ1) is 17.2. The molecule has 0 saturated heterocycles. The molecule has 2 aliphatic rings. The quantitative estimate of drug-likeness (QED) is 0.466. The standard InChI is InChI=1S/C26H36ClN3O3.O2S/c1-5-30-24(20-11-10-19(14-21(20)32-4)33-16-26(3)12-13-26)22(27)23(29-30)25(31)28-15-18-8-6-17(2)7-9-18;1-3-2/h10-11,14,17-18H,5-9,12-13,15-16H2,1-4H3,(H,28,31);. The summed E-state index contributed by atoms with van der Waals surface area (Å²) in [5.74, 6) is 2.51. The first-order valence-electron chi connectivity index (χ1n) is 12.5. The summed E-state index contributed by atoms with van der Waals surface area (Å²) in [5.41, 5.74) is 2.05. The predicted octanol–water partition coefficient (Wildman–Crippen LogP) is 5.30. The lowest BCUT2D eigenvalue weighted by Crippen LogP contribution is -2.31. The zero-order chi connectivity index (χ0) is 26.3. The van der Waals surface area contributed by atoms with Crippen molar-refractivity contribution in [1.82, 2.24) is 15.1 Å². The van der Waals surface area contributed by atoms with E-state index in [2.05, 4.69) is 24.3 Å². The normalized spacial score (nSPS) is 20.0. The number of nitrogens with one attached hydrogen (secondary N) is 1. The number of hydrogen-bond acceptors (Lipinski definition) is 6. The fourth-order valence-corrected chi connectivity index (χ4v) is 4.82. The van der Waals surface area contributed by atoms with Gasteiger partial charge in [0.1, 0.15) is 11.5 Å². The Bertz CT molecular complexity index is 1090. The Balaban J connectivity index is 0.00000115. The van der Waals surface area contributed by atoms with Gasteiger partial charge >= 0.3 is 11.6 Å². The summed E-state index contributed by atoms with van der Waals surface area (Å²) in [6, 6.07) is 5.74. The van der Waals surface area contributed by atoms with Gasteiger partial charge in [-0.05, 0) is 56.6 Å². The number of ether oxygens (including phenoxy) is 2. The van der Waals surface area contributed by atoms with Gasteiger partial charge in [0.05, 0.1) is 24.4 Å². The van der Waals surface area contributed by atoms with E-state index in [0.29, 0.717) is 47.5 Å². The molecular weight excluding hydrogens is 502 g/mol. The zero-order valence-corrected chi connectivity index (χ0v) is 23.0. The summed E-state index contributed by atoms with van der Waals surface area (Å²) < 4.78 is 30.0. The van der Waals surface area contributed by atoms with Crippen LogP contribution in [0.1, 0.15) is 69.8 Å². The van der Waals surface area contributed by atoms with Crippen molar-refractivity contribution in [1.29, 1.82) is 0 Å². The topological polar surface area (TPSA) is 99.5 Å². The van der Waals surface area contributed by atoms with Crippen LogP contribution >= 0.6 is 11.6 Å². The van der Waals surface area contributed by atoms with Crippen LogP contribution in [0.5, 0.6) is 11.5 Å². The molecule has 1 amide bonds. The Morgan fingerprint density at radius 2 is 1.92 bits per heavy atom. The molecule has 0 radical (unpaired) electrons. The lowest BCUT2D eigenvalue weighted by molar-refractivity contribution is 0.0936. The van der Waals surface area contributed by atoms with E-state index in [9.17, 15) is 4.79 Å². The zero-order valence-electron chi connectivity index (χ0n) is 21.5. The highest BCUT2D eigenvalue weighted by atomic mass is 35.5. The maximum absolute atomic E-state index is 13.0. The lowest BCUT2D eigenvalue weighted by atomic mass is 9.83. The molecule has 1 aromatic carbocycles. The SMILES string of the molecule is CCn1nc(C(=O)NCC2CCC(C)CC2)c(Cl)c1-c1ccc(OCC2(C)CC2)cc1OC.O=S=O. The molecule has 0 bridgehead atoms. The molecule has 2 aromatic rings. The van der Waals surface area contributed by atoms with E-state index in [1.165, 1.54) is 25.7 Å². The summed E-state index contributed by atoms with van der Waals surface area (Å²) >= 11 is 6.00. The smallest absolute Gasteiger partial charge is 0.335 e. The summed E-state index contributed by atoms with van der Waals surface area (Å²) in [5, 5.41) is 7.96. The summed E-state index contributed by atoms with van der Waals surface area (Å²) in [6.45, 7) is 8.48. The Kier molecular flexibility index (Phi) is 9.96. The Hall–Kier alpha value is -2.39. The van der Waals surface area contributed by atoms with Crippen molar-refractivity contribution >= 4 is 29.1 Å². The third-order valence-electron chi connectivity index (χ3n) is 7.21. The van der Waals surface area contributed by atoms with Crippen molar-refractivity contribution in [3.8, 4) is 22.8 Å². The first-order valence-corrected chi connectivity index (χ1v) is 13.6. The van der Waals surface area contributed by atoms with Crippen molar-refractivity contribution in [3.05, 3.63) is 28.9 Å². The minimum absolute atomic E-state index is 0.219. The molecule has 0 atom stereocenters.